The van der Waals surface area contributed by atoms with Gasteiger partial charge in [0.05, 0.1) is 7.57 Å². The highest BCUT2D eigenvalue weighted by Crippen LogP contribution is 2.33. The summed E-state index contributed by atoms with van der Waals surface area (Å²) < 4.78 is 2.18. The van der Waals surface area contributed by atoms with Crippen molar-refractivity contribution in [2.75, 3.05) is 0 Å². The number of carbonyl (C=O) groups excluding carboxylic acids is 1. The van der Waals surface area contributed by atoms with Crippen molar-refractivity contribution in [2.24, 2.45) is 0 Å². The van der Waals surface area contributed by atoms with Gasteiger partial charge in [0.25, 0.3) is 0 Å². The number of hydrogen-bond donors (Lipinski definition) is 0. The Bertz CT molecular complexity index is 662. The SMILES string of the molecule is O=C1/C(=C/c2ccc(Br)s2)CC/C1=C\c1ccc(Br)s1. The van der Waals surface area contributed by atoms with Crippen LogP contribution in [-0.2, 0) is 4.79 Å². The quantitative estimate of drug-likeness (QED) is 0.522. The predicted octanol–water partition coefficient (Wildman–Crippen LogP) is 6.16. The number of carbonyl (C=O) groups is 1. The van der Waals surface area contributed by atoms with Gasteiger partial charge < -0.3 is 0 Å². The van der Waals surface area contributed by atoms with Crippen molar-refractivity contribution >= 4 is 72.5 Å². The second-order valence-electron chi connectivity index (χ2n) is 4.45. The van der Waals surface area contributed by atoms with Crippen molar-refractivity contribution in [2.45, 2.75) is 12.8 Å². The normalized spacial score (nSPS) is 19.4. The Balaban J connectivity index is 1.84. The summed E-state index contributed by atoms with van der Waals surface area (Å²) in [7, 11) is 0. The molecule has 5 heteroatoms. The van der Waals surface area contributed by atoms with Crippen LogP contribution in [0.5, 0.6) is 0 Å². The zero-order valence-electron chi connectivity index (χ0n) is 10.4. The maximum Gasteiger partial charge on any atom is 0.185 e. The van der Waals surface area contributed by atoms with E-state index in [1.54, 1.807) is 22.7 Å². The molecule has 0 saturated heterocycles. The number of halogens is 2. The number of Topliss-reactive ketones (excluding diaryl/α,β-unsaturated/α-hetero) is 1. The molecule has 0 aromatic carbocycles. The van der Waals surface area contributed by atoms with Gasteiger partial charge >= 0.3 is 0 Å². The van der Waals surface area contributed by atoms with Crippen molar-refractivity contribution in [3.05, 3.63) is 52.7 Å². The Hall–Kier alpha value is -0.490. The maximum absolute atomic E-state index is 12.4. The third kappa shape index (κ3) is 3.22. The highest BCUT2D eigenvalue weighted by molar-refractivity contribution is 9.11. The van der Waals surface area contributed by atoms with E-state index in [0.29, 0.717) is 0 Å². The van der Waals surface area contributed by atoms with Crippen LogP contribution in [0.25, 0.3) is 12.2 Å². The van der Waals surface area contributed by atoms with Gasteiger partial charge in [0.1, 0.15) is 0 Å². The lowest BCUT2D eigenvalue weighted by Gasteiger charge is -1.94. The summed E-state index contributed by atoms with van der Waals surface area (Å²) in [6, 6.07) is 8.09. The van der Waals surface area contributed by atoms with Gasteiger partial charge in [0.2, 0.25) is 0 Å². The van der Waals surface area contributed by atoms with E-state index in [9.17, 15) is 4.79 Å². The van der Waals surface area contributed by atoms with Crippen LogP contribution in [0.1, 0.15) is 22.6 Å². The molecule has 0 amide bonds. The second kappa shape index (κ2) is 6.10. The molecule has 1 aliphatic rings. The Morgan fingerprint density at radius 2 is 1.30 bits per heavy atom. The maximum atomic E-state index is 12.4. The van der Waals surface area contributed by atoms with Crippen LogP contribution in [0, 0.1) is 0 Å². The summed E-state index contributed by atoms with van der Waals surface area (Å²) in [5.41, 5.74) is 1.84. The van der Waals surface area contributed by atoms with Crippen molar-refractivity contribution in [3.63, 3.8) is 0 Å². The average molecular weight is 430 g/mol. The number of thiophene rings is 2. The van der Waals surface area contributed by atoms with E-state index in [2.05, 4.69) is 31.9 Å². The first-order valence-electron chi connectivity index (χ1n) is 6.08. The van der Waals surface area contributed by atoms with Crippen LogP contribution in [0.3, 0.4) is 0 Å². The second-order valence-corrected chi connectivity index (χ2v) is 9.44. The number of ketones is 1. The van der Waals surface area contributed by atoms with Crippen LogP contribution < -0.4 is 0 Å². The molecule has 0 bridgehead atoms. The zero-order valence-corrected chi connectivity index (χ0v) is 15.2. The third-order valence-electron chi connectivity index (χ3n) is 3.07. The summed E-state index contributed by atoms with van der Waals surface area (Å²) in [5, 5.41) is 0. The lowest BCUT2D eigenvalue weighted by atomic mass is 10.1. The van der Waals surface area contributed by atoms with Crippen molar-refractivity contribution in [1.29, 1.82) is 0 Å². The first kappa shape index (κ1) is 14.4. The van der Waals surface area contributed by atoms with Gasteiger partial charge in [-0.2, -0.15) is 0 Å². The fraction of sp³-hybridized carbons (Fsp3) is 0.133. The molecule has 1 saturated carbocycles. The molecule has 1 nitrogen and oxygen atoms in total. The fourth-order valence-corrected chi connectivity index (χ4v) is 4.92. The Labute approximate surface area is 142 Å². The Kier molecular flexibility index (Phi) is 4.40. The number of hydrogen-bond acceptors (Lipinski definition) is 3. The molecule has 1 fully saturated rings. The molecular formula is C15H10Br2OS2. The standard InChI is InChI=1S/C15H10Br2OS2/c16-13-5-3-11(19-13)7-9-1-2-10(15(9)18)8-12-4-6-14(17)20-12/h3-8H,1-2H2/b9-7+,10-8+. The molecule has 2 aromatic rings. The van der Waals surface area contributed by atoms with Gasteiger partial charge in [-0.3, -0.25) is 4.79 Å². The predicted molar refractivity (Wildman–Crippen MR) is 94.2 cm³/mol. The minimum Gasteiger partial charge on any atom is -0.289 e. The highest BCUT2D eigenvalue weighted by atomic mass is 79.9. The van der Waals surface area contributed by atoms with Gasteiger partial charge in [-0.1, -0.05) is 0 Å². The molecule has 0 radical (unpaired) electrons. The van der Waals surface area contributed by atoms with Crippen molar-refractivity contribution in [3.8, 4) is 0 Å². The van der Waals surface area contributed by atoms with Gasteiger partial charge in [-0.25, -0.2) is 0 Å². The topological polar surface area (TPSA) is 17.1 Å². The molecule has 2 aromatic heterocycles. The van der Waals surface area contributed by atoms with Crippen LogP contribution in [0.4, 0.5) is 0 Å². The molecular weight excluding hydrogens is 420 g/mol. The Morgan fingerprint density at radius 3 is 1.65 bits per heavy atom. The molecule has 0 spiro atoms. The van der Waals surface area contributed by atoms with E-state index in [-0.39, 0.29) is 5.78 Å². The summed E-state index contributed by atoms with van der Waals surface area (Å²) in [4.78, 5) is 14.6. The minimum atomic E-state index is 0.194. The van der Waals surface area contributed by atoms with E-state index in [4.69, 9.17) is 0 Å². The molecule has 0 unspecified atom stereocenters. The van der Waals surface area contributed by atoms with Gasteiger partial charge in [0.15, 0.2) is 5.78 Å². The summed E-state index contributed by atoms with van der Waals surface area (Å²) in [6.07, 6.45) is 5.71. The molecule has 102 valence electrons. The summed E-state index contributed by atoms with van der Waals surface area (Å²) in [5.74, 6) is 0.194. The monoisotopic (exact) mass is 428 g/mol. The zero-order chi connectivity index (χ0) is 14.1. The first-order valence-corrected chi connectivity index (χ1v) is 9.30. The Morgan fingerprint density at radius 1 is 0.850 bits per heavy atom. The smallest absolute Gasteiger partial charge is 0.185 e. The summed E-state index contributed by atoms with van der Waals surface area (Å²) >= 11 is 10.2. The molecule has 0 N–H and O–H groups in total. The van der Waals surface area contributed by atoms with E-state index in [0.717, 1.165) is 41.3 Å². The molecule has 20 heavy (non-hydrogen) atoms. The van der Waals surface area contributed by atoms with E-state index in [1.807, 2.05) is 36.4 Å². The van der Waals surface area contributed by atoms with Crippen LogP contribution >= 0.6 is 54.5 Å². The van der Waals surface area contributed by atoms with Crippen LogP contribution in [-0.4, -0.2) is 5.78 Å². The van der Waals surface area contributed by atoms with E-state index in [1.165, 1.54) is 0 Å². The molecule has 0 atom stereocenters. The molecule has 0 aliphatic heterocycles. The average Bonchev–Trinajstić information content (AvgIpc) is 3.08. The largest absolute Gasteiger partial charge is 0.289 e. The van der Waals surface area contributed by atoms with Gasteiger partial charge in [0, 0.05) is 20.9 Å². The first-order chi connectivity index (χ1) is 9.61. The van der Waals surface area contributed by atoms with Crippen molar-refractivity contribution < 1.29 is 4.79 Å². The van der Waals surface area contributed by atoms with Gasteiger partial charge in [-0.05, 0) is 81.1 Å². The number of rotatable bonds is 2. The lowest BCUT2D eigenvalue weighted by Crippen LogP contribution is -1.94. The summed E-state index contributed by atoms with van der Waals surface area (Å²) in [6.45, 7) is 0. The highest BCUT2D eigenvalue weighted by Gasteiger charge is 2.23. The fourth-order valence-electron chi connectivity index (χ4n) is 2.13. The molecule has 1 aliphatic carbocycles. The van der Waals surface area contributed by atoms with Crippen molar-refractivity contribution in [1.82, 2.24) is 0 Å². The lowest BCUT2D eigenvalue weighted by molar-refractivity contribution is -0.111. The third-order valence-corrected chi connectivity index (χ3v) is 6.21. The van der Waals surface area contributed by atoms with Crippen LogP contribution in [0.15, 0.2) is 43.0 Å². The van der Waals surface area contributed by atoms with E-state index >= 15 is 0 Å². The minimum absolute atomic E-state index is 0.194. The molecule has 3 rings (SSSR count). The van der Waals surface area contributed by atoms with Crippen LogP contribution in [0.2, 0.25) is 0 Å². The van der Waals surface area contributed by atoms with E-state index < -0.39 is 0 Å². The van der Waals surface area contributed by atoms with Gasteiger partial charge in [-0.15, -0.1) is 22.7 Å². The molecule has 2 heterocycles. The number of allylic oxidation sites excluding steroid dienone is 2.